The molecule has 0 radical (unpaired) electrons. The number of carbonyl (C=O) groups excluding carboxylic acids is 1. The van der Waals surface area contributed by atoms with Crippen LogP contribution in [-0.2, 0) is 0 Å². The second-order valence-corrected chi connectivity index (χ2v) is 6.88. The Morgan fingerprint density at radius 3 is 2.86 bits per heavy atom. The highest BCUT2D eigenvalue weighted by Crippen LogP contribution is 2.29. The Morgan fingerprint density at radius 2 is 2.09 bits per heavy atom. The van der Waals surface area contributed by atoms with Gasteiger partial charge in [-0.3, -0.25) is 9.36 Å². The summed E-state index contributed by atoms with van der Waals surface area (Å²) in [4.78, 5) is 17.6. The van der Waals surface area contributed by atoms with Crippen molar-refractivity contribution in [3.8, 4) is 5.00 Å². The summed E-state index contributed by atoms with van der Waals surface area (Å²) in [7, 11) is 0. The molecule has 1 aliphatic rings. The molecule has 4 nitrogen and oxygen atoms in total. The minimum atomic E-state index is 0.0389. The number of carbonyl (C=O) groups is 1. The second-order valence-electron chi connectivity index (χ2n) is 5.82. The van der Waals surface area contributed by atoms with Gasteiger partial charge in [-0.15, -0.1) is 11.3 Å². The first-order chi connectivity index (χ1) is 10.6. The summed E-state index contributed by atoms with van der Waals surface area (Å²) in [6, 6.07) is 10.5. The van der Waals surface area contributed by atoms with Crippen LogP contribution in [0.25, 0.3) is 16.0 Å². The number of benzene rings is 1. The molecule has 22 heavy (non-hydrogen) atoms. The van der Waals surface area contributed by atoms with Crippen LogP contribution in [0.5, 0.6) is 0 Å². The van der Waals surface area contributed by atoms with Gasteiger partial charge in [0.1, 0.15) is 10.8 Å². The maximum atomic E-state index is 12.2. The zero-order valence-electron chi connectivity index (χ0n) is 12.6. The number of thiophene rings is 1. The number of para-hydroxylation sites is 1. The maximum Gasteiger partial charge on any atom is 0.261 e. The van der Waals surface area contributed by atoms with E-state index in [9.17, 15) is 4.79 Å². The number of amides is 1. The average Bonchev–Trinajstić information content (AvgIpc) is 3.05. The minimum Gasteiger partial charge on any atom is -0.349 e. The highest BCUT2D eigenvalue weighted by atomic mass is 32.1. The van der Waals surface area contributed by atoms with Crippen LogP contribution in [0.15, 0.2) is 30.3 Å². The predicted octanol–water partition coefficient (Wildman–Crippen LogP) is 3.60. The molecule has 3 aromatic rings. The first kappa shape index (κ1) is 13.5. The molecule has 0 atom stereocenters. The number of imidazole rings is 1. The molecule has 1 fully saturated rings. The predicted molar refractivity (Wildman–Crippen MR) is 88.9 cm³/mol. The van der Waals surface area contributed by atoms with Crippen LogP contribution in [0.3, 0.4) is 0 Å². The maximum absolute atomic E-state index is 12.2. The average molecular weight is 311 g/mol. The lowest BCUT2D eigenvalue weighted by atomic mass is 10.2. The van der Waals surface area contributed by atoms with Crippen molar-refractivity contribution in [1.82, 2.24) is 14.9 Å². The number of hydrogen-bond donors (Lipinski definition) is 1. The smallest absolute Gasteiger partial charge is 0.261 e. The van der Waals surface area contributed by atoms with Crippen molar-refractivity contribution in [3.63, 3.8) is 0 Å². The van der Waals surface area contributed by atoms with E-state index in [0.717, 1.165) is 39.6 Å². The lowest BCUT2D eigenvalue weighted by Gasteiger charge is -2.03. The van der Waals surface area contributed by atoms with Crippen LogP contribution in [-0.4, -0.2) is 21.5 Å². The Kier molecular flexibility index (Phi) is 3.04. The molecule has 5 heteroatoms. The fourth-order valence-corrected chi connectivity index (χ4v) is 3.66. The molecule has 0 aliphatic heterocycles. The Hall–Kier alpha value is -2.14. The highest BCUT2D eigenvalue weighted by Gasteiger charge is 2.24. The number of aromatic nitrogens is 2. The first-order valence-corrected chi connectivity index (χ1v) is 8.31. The van der Waals surface area contributed by atoms with Crippen molar-refractivity contribution in [2.45, 2.75) is 32.7 Å². The Morgan fingerprint density at radius 1 is 1.27 bits per heavy atom. The molecular weight excluding hydrogens is 294 g/mol. The van der Waals surface area contributed by atoms with Gasteiger partial charge in [-0.2, -0.15) is 0 Å². The van der Waals surface area contributed by atoms with Crippen molar-refractivity contribution in [2.75, 3.05) is 0 Å². The summed E-state index contributed by atoms with van der Waals surface area (Å²) in [5, 5.41) is 4.07. The largest absolute Gasteiger partial charge is 0.349 e. The Labute approximate surface area is 132 Å². The van der Waals surface area contributed by atoms with E-state index in [2.05, 4.69) is 33.9 Å². The topological polar surface area (TPSA) is 46.9 Å². The van der Waals surface area contributed by atoms with Gasteiger partial charge in [-0.25, -0.2) is 4.98 Å². The lowest BCUT2D eigenvalue weighted by Crippen LogP contribution is -2.24. The summed E-state index contributed by atoms with van der Waals surface area (Å²) in [5.41, 5.74) is 3.29. The van der Waals surface area contributed by atoms with Crippen molar-refractivity contribution in [1.29, 1.82) is 0 Å². The fraction of sp³-hybridized carbons (Fsp3) is 0.294. The number of nitrogens with zero attached hydrogens (tertiary/aromatic N) is 2. The van der Waals surface area contributed by atoms with E-state index >= 15 is 0 Å². The van der Waals surface area contributed by atoms with E-state index in [1.54, 1.807) is 0 Å². The first-order valence-electron chi connectivity index (χ1n) is 7.49. The number of fused-ring (bicyclic) bond motifs is 1. The van der Waals surface area contributed by atoms with E-state index in [0.29, 0.717) is 6.04 Å². The standard InChI is InChI=1S/C17H17N3OS/c1-10-4-3-5-13-16(10)18-11(2)20(13)15-9-8-14(22-15)17(21)19-12-6-7-12/h3-5,8-9,12H,6-7H2,1-2H3,(H,19,21). The van der Waals surface area contributed by atoms with Crippen LogP contribution >= 0.6 is 11.3 Å². The SMILES string of the molecule is Cc1cccc2c1nc(C)n2-c1ccc(C(=O)NC2CC2)s1. The summed E-state index contributed by atoms with van der Waals surface area (Å²) in [6.07, 6.45) is 2.21. The number of aryl methyl sites for hydroxylation is 2. The van der Waals surface area contributed by atoms with E-state index in [4.69, 9.17) is 0 Å². The Bertz CT molecular complexity index is 873. The fourth-order valence-electron chi connectivity index (χ4n) is 2.69. The minimum absolute atomic E-state index is 0.0389. The van der Waals surface area contributed by atoms with Gasteiger partial charge in [-0.1, -0.05) is 12.1 Å². The summed E-state index contributed by atoms with van der Waals surface area (Å²) < 4.78 is 2.13. The molecule has 1 aliphatic carbocycles. The van der Waals surface area contributed by atoms with Crippen LogP contribution in [0, 0.1) is 13.8 Å². The van der Waals surface area contributed by atoms with Crippen LogP contribution in [0.2, 0.25) is 0 Å². The van der Waals surface area contributed by atoms with Gasteiger partial charge in [0.25, 0.3) is 5.91 Å². The van der Waals surface area contributed by atoms with Crippen molar-refractivity contribution in [3.05, 3.63) is 46.6 Å². The molecule has 0 saturated heterocycles. The van der Waals surface area contributed by atoms with Gasteiger partial charge >= 0.3 is 0 Å². The third-order valence-electron chi connectivity index (χ3n) is 4.00. The monoisotopic (exact) mass is 311 g/mol. The van der Waals surface area contributed by atoms with E-state index in [1.165, 1.54) is 16.9 Å². The van der Waals surface area contributed by atoms with E-state index in [1.807, 2.05) is 25.1 Å². The van der Waals surface area contributed by atoms with Crippen LogP contribution in [0.1, 0.15) is 33.9 Å². The van der Waals surface area contributed by atoms with Gasteiger partial charge in [0.2, 0.25) is 0 Å². The molecule has 112 valence electrons. The normalized spacial score (nSPS) is 14.5. The van der Waals surface area contributed by atoms with Gasteiger partial charge in [0.05, 0.1) is 15.9 Å². The molecular formula is C17H17N3OS. The van der Waals surface area contributed by atoms with Gasteiger partial charge < -0.3 is 5.32 Å². The molecule has 0 bridgehead atoms. The highest BCUT2D eigenvalue weighted by molar-refractivity contribution is 7.16. The molecule has 4 rings (SSSR count). The number of hydrogen-bond acceptors (Lipinski definition) is 3. The van der Waals surface area contributed by atoms with Gasteiger partial charge in [-0.05, 0) is 50.5 Å². The lowest BCUT2D eigenvalue weighted by molar-refractivity contribution is 0.0955. The molecule has 0 unspecified atom stereocenters. The molecule has 2 heterocycles. The summed E-state index contributed by atoms with van der Waals surface area (Å²) in [6.45, 7) is 4.07. The van der Waals surface area contributed by atoms with Crippen molar-refractivity contribution >= 4 is 28.3 Å². The molecule has 2 aromatic heterocycles. The zero-order valence-corrected chi connectivity index (χ0v) is 13.4. The van der Waals surface area contributed by atoms with Crippen LogP contribution < -0.4 is 5.32 Å². The summed E-state index contributed by atoms with van der Waals surface area (Å²) in [5.74, 6) is 0.984. The molecule has 0 spiro atoms. The number of nitrogens with one attached hydrogen (secondary N) is 1. The third kappa shape index (κ3) is 2.22. The quantitative estimate of drug-likeness (QED) is 0.803. The molecule has 1 saturated carbocycles. The van der Waals surface area contributed by atoms with Gasteiger partial charge in [0, 0.05) is 6.04 Å². The summed E-state index contributed by atoms with van der Waals surface area (Å²) >= 11 is 1.51. The Balaban J connectivity index is 1.76. The van der Waals surface area contributed by atoms with Crippen molar-refractivity contribution < 1.29 is 4.79 Å². The molecule has 1 aromatic carbocycles. The van der Waals surface area contributed by atoms with Crippen LogP contribution in [0.4, 0.5) is 0 Å². The second kappa shape index (κ2) is 4.95. The zero-order chi connectivity index (χ0) is 15.3. The van der Waals surface area contributed by atoms with E-state index in [-0.39, 0.29) is 5.91 Å². The molecule has 1 amide bonds. The van der Waals surface area contributed by atoms with Crippen molar-refractivity contribution in [2.24, 2.45) is 0 Å². The van der Waals surface area contributed by atoms with Gasteiger partial charge in [0.15, 0.2) is 0 Å². The van der Waals surface area contributed by atoms with E-state index < -0.39 is 0 Å². The third-order valence-corrected chi connectivity index (χ3v) is 5.07. The molecule has 1 N–H and O–H groups in total. The number of rotatable bonds is 3.